The number of unbranched alkanes of at least 4 members (excludes halogenated alkanes) is 4. The molecule has 0 aliphatic rings. The van der Waals surface area contributed by atoms with Gasteiger partial charge in [0, 0.05) is 4.90 Å². The fourth-order valence-electron chi connectivity index (χ4n) is 2.01. The number of hydrogen-bond acceptors (Lipinski definition) is 1. The van der Waals surface area contributed by atoms with Gasteiger partial charge in [0.25, 0.3) is 0 Å². The van der Waals surface area contributed by atoms with Crippen LogP contribution in [0.2, 0.25) is 0 Å². The molecule has 2 aromatic carbocycles. The van der Waals surface area contributed by atoms with Crippen molar-refractivity contribution in [1.29, 1.82) is 0 Å². The predicted molar refractivity (Wildman–Crippen MR) is 92.6 cm³/mol. The van der Waals surface area contributed by atoms with E-state index in [1.54, 1.807) is 0 Å². The Labute approximate surface area is 129 Å². The normalized spacial score (nSPS) is 9.70. The quantitative estimate of drug-likeness (QED) is 0.476. The molecule has 0 saturated carbocycles. The Morgan fingerprint density at radius 1 is 0.700 bits per heavy atom. The second-order valence-electron chi connectivity index (χ2n) is 4.99. The van der Waals surface area contributed by atoms with E-state index >= 15 is 0 Å². The second-order valence-corrected chi connectivity index (χ2v) is 5.50. The first-order valence-corrected chi connectivity index (χ1v) is 8.05. The lowest BCUT2D eigenvalue weighted by molar-refractivity contribution is 0.632. The Kier molecular flexibility index (Phi) is 9.77. The van der Waals surface area contributed by atoms with Gasteiger partial charge in [-0.2, -0.15) is 0 Å². The SMILES string of the molecule is CCCCCCCc1ccccc1.Sc1ccccc1. The molecule has 0 fully saturated rings. The lowest BCUT2D eigenvalue weighted by Crippen LogP contribution is -1.84. The smallest absolute Gasteiger partial charge is 0.00399 e. The van der Waals surface area contributed by atoms with Crippen molar-refractivity contribution >= 4 is 12.6 Å². The van der Waals surface area contributed by atoms with E-state index in [4.69, 9.17) is 0 Å². The van der Waals surface area contributed by atoms with Crippen molar-refractivity contribution in [2.45, 2.75) is 50.3 Å². The lowest BCUT2D eigenvalue weighted by Gasteiger charge is -2.00. The first kappa shape index (κ1) is 16.8. The van der Waals surface area contributed by atoms with E-state index < -0.39 is 0 Å². The summed E-state index contributed by atoms with van der Waals surface area (Å²) in [5.74, 6) is 0. The Balaban J connectivity index is 0.000000240. The summed E-state index contributed by atoms with van der Waals surface area (Å²) < 4.78 is 0. The molecule has 0 aromatic heterocycles. The molecule has 2 rings (SSSR count). The Bertz CT molecular complexity index is 422. The highest BCUT2D eigenvalue weighted by atomic mass is 32.1. The summed E-state index contributed by atoms with van der Waals surface area (Å²) in [4.78, 5) is 1.02. The summed E-state index contributed by atoms with van der Waals surface area (Å²) >= 11 is 4.08. The zero-order valence-corrected chi connectivity index (χ0v) is 13.4. The molecule has 0 aliphatic carbocycles. The van der Waals surface area contributed by atoms with Gasteiger partial charge in [0.1, 0.15) is 0 Å². The average Bonchev–Trinajstić information content (AvgIpc) is 2.50. The Hall–Kier alpha value is -1.21. The lowest BCUT2D eigenvalue weighted by atomic mass is 10.1. The highest BCUT2D eigenvalue weighted by Crippen LogP contribution is 2.08. The van der Waals surface area contributed by atoms with Crippen LogP contribution in [0.4, 0.5) is 0 Å². The molecule has 2 aromatic rings. The van der Waals surface area contributed by atoms with Crippen LogP contribution in [-0.2, 0) is 6.42 Å². The van der Waals surface area contributed by atoms with Crippen molar-refractivity contribution < 1.29 is 0 Å². The minimum atomic E-state index is 1.02. The van der Waals surface area contributed by atoms with Crippen LogP contribution in [0.25, 0.3) is 0 Å². The van der Waals surface area contributed by atoms with Crippen molar-refractivity contribution in [3.05, 3.63) is 66.2 Å². The topological polar surface area (TPSA) is 0 Å². The fraction of sp³-hybridized carbons (Fsp3) is 0.368. The summed E-state index contributed by atoms with van der Waals surface area (Å²) in [6, 6.07) is 20.6. The minimum Gasteiger partial charge on any atom is -0.143 e. The monoisotopic (exact) mass is 286 g/mol. The van der Waals surface area contributed by atoms with Crippen LogP contribution in [0.1, 0.15) is 44.6 Å². The van der Waals surface area contributed by atoms with E-state index in [9.17, 15) is 0 Å². The van der Waals surface area contributed by atoms with E-state index in [1.165, 1.54) is 44.1 Å². The zero-order valence-electron chi connectivity index (χ0n) is 12.5. The van der Waals surface area contributed by atoms with Gasteiger partial charge in [-0.3, -0.25) is 0 Å². The van der Waals surface area contributed by atoms with Gasteiger partial charge in [-0.1, -0.05) is 81.1 Å². The van der Waals surface area contributed by atoms with Crippen molar-refractivity contribution in [2.24, 2.45) is 0 Å². The Morgan fingerprint density at radius 2 is 1.25 bits per heavy atom. The summed E-state index contributed by atoms with van der Waals surface area (Å²) in [5.41, 5.74) is 1.49. The van der Waals surface area contributed by atoms with Gasteiger partial charge >= 0.3 is 0 Å². The van der Waals surface area contributed by atoms with E-state index in [2.05, 4.69) is 49.9 Å². The van der Waals surface area contributed by atoms with E-state index in [0.29, 0.717) is 0 Å². The molecule has 0 N–H and O–H groups in total. The van der Waals surface area contributed by atoms with Gasteiger partial charge < -0.3 is 0 Å². The highest BCUT2D eigenvalue weighted by Gasteiger charge is 1.91. The molecule has 0 nitrogen and oxygen atoms in total. The summed E-state index contributed by atoms with van der Waals surface area (Å²) in [6.45, 7) is 2.26. The third-order valence-corrected chi connectivity index (χ3v) is 3.47. The molecule has 0 spiro atoms. The molecule has 0 atom stereocenters. The molecule has 0 unspecified atom stereocenters. The highest BCUT2D eigenvalue weighted by molar-refractivity contribution is 7.80. The zero-order chi connectivity index (χ0) is 14.5. The van der Waals surface area contributed by atoms with Crippen molar-refractivity contribution in [3.8, 4) is 0 Å². The molecular formula is C19H26S. The van der Waals surface area contributed by atoms with Crippen molar-refractivity contribution in [3.63, 3.8) is 0 Å². The van der Waals surface area contributed by atoms with Crippen LogP contribution < -0.4 is 0 Å². The number of hydrogen-bond donors (Lipinski definition) is 1. The van der Waals surface area contributed by atoms with Crippen LogP contribution in [0, 0.1) is 0 Å². The van der Waals surface area contributed by atoms with Gasteiger partial charge in [-0.05, 0) is 30.5 Å². The van der Waals surface area contributed by atoms with E-state index in [1.807, 2.05) is 30.3 Å². The summed E-state index contributed by atoms with van der Waals surface area (Å²) in [7, 11) is 0. The third kappa shape index (κ3) is 8.82. The van der Waals surface area contributed by atoms with E-state index in [-0.39, 0.29) is 0 Å². The average molecular weight is 286 g/mol. The van der Waals surface area contributed by atoms with E-state index in [0.717, 1.165) is 4.90 Å². The minimum absolute atomic E-state index is 1.02. The van der Waals surface area contributed by atoms with Gasteiger partial charge in [-0.15, -0.1) is 12.6 Å². The number of aryl methyl sites for hydroxylation is 1. The Morgan fingerprint density at radius 3 is 1.75 bits per heavy atom. The standard InChI is InChI=1S/C13H20.C6H6S/c1-2-3-4-5-7-10-13-11-8-6-9-12-13;7-6-4-2-1-3-5-6/h6,8-9,11-12H,2-5,7,10H2,1H3;1-5,7H. The van der Waals surface area contributed by atoms with Gasteiger partial charge in [-0.25, -0.2) is 0 Å². The first-order valence-electron chi connectivity index (χ1n) is 7.61. The van der Waals surface area contributed by atoms with Crippen molar-refractivity contribution in [2.75, 3.05) is 0 Å². The molecule has 20 heavy (non-hydrogen) atoms. The summed E-state index contributed by atoms with van der Waals surface area (Å²) in [6.07, 6.45) is 8.14. The van der Waals surface area contributed by atoms with Crippen LogP contribution in [0.3, 0.4) is 0 Å². The maximum Gasteiger partial charge on any atom is 0.00399 e. The maximum absolute atomic E-state index is 4.08. The molecule has 108 valence electrons. The number of thiol groups is 1. The molecule has 0 amide bonds. The second kappa shape index (κ2) is 11.6. The maximum atomic E-state index is 4.08. The largest absolute Gasteiger partial charge is 0.143 e. The molecule has 0 heterocycles. The number of rotatable bonds is 6. The third-order valence-electron chi connectivity index (χ3n) is 3.17. The van der Waals surface area contributed by atoms with Gasteiger partial charge in [0.05, 0.1) is 0 Å². The van der Waals surface area contributed by atoms with Crippen LogP contribution in [0.15, 0.2) is 65.6 Å². The van der Waals surface area contributed by atoms with Crippen LogP contribution in [0.5, 0.6) is 0 Å². The molecule has 0 saturated heterocycles. The van der Waals surface area contributed by atoms with Crippen LogP contribution in [-0.4, -0.2) is 0 Å². The molecule has 1 heteroatoms. The molecule has 0 aliphatic heterocycles. The van der Waals surface area contributed by atoms with Crippen LogP contribution >= 0.6 is 12.6 Å². The molecule has 0 bridgehead atoms. The van der Waals surface area contributed by atoms with Crippen molar-refractivity contribution in [1.82, 2.24) is 0 Å². The van der Waals surface area contributed by atoms with Gasteiger partial charge in [0.2, 0.25) is 0 Å². The van der Waals surface area contributed by atoms with Gasteiger partial charge in [0.15, 0.2) is 0 Å². The number of benzene rings is 2. The molecular weight excluding hydrogens is 260 g/mol. The first-order chi connectivity index (χ1) is 9.83. The predicted octanol–water partition coefficient (Wildman–Crippen LogP) is 6.17. The molecule has 0 radical (unpaired) electrons. The fourth-order valence-corrected chi connectivity index (χ4v) is 2.18. The summed E-state index contributed by atoms with van der Waals surface area (Å²) in [5, 5.41) is 0.